The number of unbranched alkanes of at least 4 members (excludes halogenated alkanes) is 5. The zero-order valence-corrected chi connectivity index (χ0v) is 26.0. The highest BCUT2D eigenvalue weighted by molar-refractivity contribution is 5.69. The summed E-state index contributed by atoms with van der Waals surface area (Å²) in [6.07, 6.45) is 4.33. The van der Waals surface area contributed by atoms with Crippen molar-refractivity contribution in [1.29, 1.82) is 0 Å². The number of hydrogen-bond acceptors (Lipinski definition) is 8. The summed E-state index contributed by atoms with van der Waals surface area (Å²) in [5, 5.41) is 0. The van der Waals surface area contributed by atoms with E-state index in [1.54, 1.807) is 0 Å². The second-order valence-electron chi connectivity index (χ2n) is 10.6. The third-order valence-corrected chi connectivity index (χ3v) is 6.82. The van der Waals surface area contributed by atoms with Gasteiger partial charge in [0.25, 0.3) is 12.6 Å². The Morgan fingerprint density at radius 3 is 0.935 bits per heavy atom. The van der Waals surface area contributed by atoms with Gasteiger partial charge in [0.1, 0.15) is 23.0 Å². The lowest BCUT2D eigenvalue weighted by Gasteiger charge is -2.20. The largest absolute Gasteiger partial charge is 0.458 e. The molecule has 4 aromatic rings. The maximum absolute atomic E-state index is 12.4. The fourth-order valence-corrected chi connectivity index (χ4v) is 4.50. The van der Waals surface area contributed by atoms with Crippen LogP contribution in [0.5, 0.6) is 23.0 Å². The van der Waals surface area contributed by atoms with E-state index in [1.807, 2.05) is 121 Å². The summed E-state index contributed by atoms with van der Waals surface area (Å²) in [5.41, 5.74) is 0. The van der Waals surface area contributed by atoms with Crippen LogP contribution < -0.4 is 18.9 Å². The van der Waals surface area contributed by atoms with Gasteiger partial charge in [-0.1, -0.05) is 98.5 Å². The number of carbonyl (C=O) groups excluding carboxylic acids is 2. The Kier molecular flexibility index (Phi) is 14.8. The van der Waals surface area contributed by atoms with Gasteiger partial charge in [-0.2, -0.15) is 0 Å². The minimum absolute atomic E-state index is 0.0176. The number of esters is 2. The molecule has 4 aromatic carbocycles. The Bertz CT molecular complexity index is 1190. The van der Waals surface area contributed by atoms with Crippen LogP contribution in [-0.2, 0) is 19.1 Å². The summed E-state index contributed by atoms with van der Waals surface area (Å²) in [5.74, 6) is 1.95. The van der Waals surface area contributed by atoms with Crippen molar-refractivity contribution in [3.05, 3.63) is 121 Å². The van der Waals surface area contributed by atoms with Crippen LogP contribution in [0.3, 0.4) is 0 Å². The van der Waals surface area contributed by atoms with E-state index < -0.39 is 12.6 Å². The third-order valence-electron chi connectivity index (χ3n) is 6.82. The Balaban J connectivity index is 1.06. The molecule has 8 heteroatoms. The lowest BCUT2D eigenvalue weighted by atomic mass is 10.1. The molecule has 0 aromatic heterocycles. The van der Waals surface area contributed by atoms with Crippen LogP contribution in [0.25, 0.3) is 0 Å². The molecule has 0 bridgehead atoms. The molecule has 0 unspecified atom stereocenters. The van der Waals surface area contributed by atoms with Gasteiger partial charge in [-0.15, -0.1) is 0 Å². The SMILES string of the molecule is O=C(CCCCCCCCC(=O)OCC(Oc1ccccc1)Oc1ccccc1)OCC(Oc1ccccc1)Oc1ccccc1. The molecule has 0 atom stereocenters. The van der Waals surface area contributed by atoms with Gasteiger partial charge in [0.15, 0.2) is 13.2 Å². The van der Waals surface area contributed by atoms with Crippen LogP contribution in [0.4, 0.5) is 0 Å². The Morgan fingerprint density at radius 2 is 0.652 bits per heavy atom. The predicted molar refractivity (Wildman–Crippen MR) is 175 cm³/mol. The van der Waals surface area contributed by atoms with Crippen LogP contribution in [0, 0.1) is 0 Å². The van der Waals surface area contributed by atoms with Crippen LogP contribution in [0.1, 0.15) is 51.4 Å². The molecular weight excluding hydrogens is 584 g/mol. The molecule has 4 rings (SSSR count). The topological polar surface area (TPSA) is 89.5 Å². The molecule has 0 saturated heterocycles. The van der Waals surface area contributed by atoms with Gasteiger partial charge >= 0.3 is 11.9 Å². The number of benzene rings is 4. The first-order valence-corrected chi connectivity index (χ1v) is 15.8. The maximum Gasteiger partial charge on any atom is 0.306 e. The van der Waals surface area contributed by atoms with Gasteiger partial charge in [-0.05, 0) is 61.4 Å². The van der Waals surface area contributed by atoms with Crippen molar-refractivity contribution < 1.29 is 38.0 Å². The summed E-state index contributed by atoms with van der Waals surface area (Å²) in [6.45, 7) is -0.0353. The molecule has 0 radical (unpaired) electrons. The smallest absolute Gasteiger partial charge is 0.306 e. The average molecular weight is 627 g/mol. The second kappa shape index (κ2) is 20.1. The molecule has 0 spiro atoms. The molecule has 0 saturated carbocycles. The predicted octanol–water partition coefficient (Wildman–Crippen LogP) is 8.16. The van der Waals surface area contributed by atoms with Crippen LogP contribution in [-0.4, -0.2) is 37.7 Å². The quantitative estimate of drug-likeness (QED) is 0.0520. The van der Waals surface area contributed by atoms with E-state index in [2.05, 4.69) is 0 Å². The van der Waals surface area contributed by atoms with Crippen molar-refractivity contribution in [3.63, 3.8) is 0 Å². The van der Waals surface area contributed by atoms with Crippen LogP contribution in [0.2, 0.25) is 0 Å². The number of rotatable bonds is 21. The van der Waals surface area contributed by atoms with Crippen molar-refractivity contribution >= 4 is 11.9 Å². The molecule has 0 fully saturated rings. The van der Waals surface area contributed by atoms with Gasteiger partial charge < -0.3 is 28.4 Å². The highest BCUT2D eigenvalue weighted by Crippen LogP contribution is 2.18. The molecule has 46 heavy (non-hydrogen) atoms. The molecule has 8 nitrogen and oxygen atoms in total. The minimum atomic E-state index is -0.765. The first-order valence-electron chi connectivity index (χ1n) is 15.8. The molecule has 0 aliphatic heterocycles. The normalized spacial score (nSPS) is 10.7. The standard InChI is InChI=1S/C38H42O8/c39-35(41-29-37(43-31-19-9-5-10-20-31)44-32-21-11-6-12-22-32)27-17-3-1-2-4-18-28-36(40)42-30-38(45-33-23-13-7-14-24-33)46-34-25-15-8-16-26-34/h5-16,19-26,37-38H,1-4,17-18,27-30H2. The van der Waals surface area contributed by atoms with E-state index in [1.165, 1.54) is 0 Å². The lowest BCUT2D eigenvalue weighted by molar-refractivity contribution is -0.152. The second-order valence-corrected chi connectivity index (χ2v) is 10.6. The molecule has 0 aliphatic carbocycles. The summed E-state index contributed by atoms with van der Waals surface area (Å²) >= 11 is 0. The van der Waals surface area contributed by atoms with E-state index in [9.17, 15) is 9.59 Å². The summed E-state index contributed by atoms with van der Waals surface area (Å²) < 4.78 is 34.5. The molecular formula is C38H42O8. The van der Waals surface area contributed by atoms with E-state index in [0.717, 1.165) is 38.5 Å². The van der Waals surface area contributed by atoms with Crippen LogP contribution >= 0.6 is 0 Å². The number of carbonyl (C=O) groups is 2. The number of para-hydroxylation sites is 4. The first-order chi connectivity index (χ1) is 22.6. The summed E-state index contributed by atoms with van der Waals surface area (Å²) in [6, 6.07) is 37.2. The van der Waals surface area contributed by atoms with Crippen LogP contribution in [0.15, 0.2) is 121 Å². The van der Waals surface area contributed by atoms with E-state index in [4.69, 9.17) is 28.4 Å². The van der Waals surface area contributed by atoms with E-state index in [0.29, 0.717) is 35.8 Å². The zero-order valence-electron chi connectivity index (χ0n) is 26.0. The molecule has 0 N–H and O–H groups in total. The van der Waals surface area contributed by atoms with E-state index >= 15 is 0 Å². The Labute approximate surface area is 271 Å². The lowest BCUT2D eigenvalue weighted by Crippen LogP contribution is -2.30. The maximum atomic E-state index is 12.4. The Hall–Kier alpha value is -4.98. The molecule has 0 amide bonds. The van der Waals surface area contributed by atoms with Gasteiger partial charge in [0, 0.05) is 12.8 Å². The van der Waals surface area contributed by atoms with Gasteiger partial charge in [0.2, 0.25) is 0 Å². The third kappa shape index (κ3) is 13.8. The average Bonchev–Trinajstić information content (AvgIpc) is 3.09. The highest BCUT2D eigenvalue weighted by atomic mass is 16.7. The molecule has 242 valence electrons. The highest BCUT2D eigenvalue weighted by Gasteiger charge is 2.17. The number of hydrogen-bond donors (Lipinski definition) is 0. The van der Waals surface area contributed by atoms with Gasteiger partial charge in [-0.3, -0.25) is 9.59 Å². The van der Waals surface area contributed by atoms with Crippen molar-refractivity contribution in [3.8, 4) is 23.0 Å². The molecule has 0 heterocycles. The fraction of sp³-hybridized carbons (Fsp3) is 0.316. The summed E-state index contributed by atoms with van der Waals surface area (Å²) in [7, 11) is 0. The molecule has 0 aliphatic rings. The van der Waals surface area contributed by atoms with E-state index in [-0.39, 0.29) is 25.2 Å². The van der Waals surface area contributed by atoms with Crippen molar-refractivity contribution in [2.45, 2.75) is 63.9 Å². The first kappa shape index (κ1) is 33.9. The Morgan fingerprint density at radius 1 is 0.391 bits per heavy atom. The van der Waals surface area contributed by atoms with Gasteiger partial charge in [-0.25, -0.2) is 0 Å². The zero-order chi connectivity index (χ0) is 32.1. The fourth-order valence-electron chi connectivity index (χ4n) is 4.50. The summed E-state index contributed by atoms with van der Waals surface area (Å²) in [4.78, 5) is 24.7. The van der Waals surface area contributed by atoms with Crippen molar-refractivity contribution in [1.82, 2.24) is 0 Å². The van der Waals surface area contributed by atoms with Gasteiger partial charge in [0.05, 0.1) is 0 Å². The van der Waals surface area contributed by atoms with Crippen molar-refractivity contribution in [2.24, 2.45) is 0 Å². The monoisotopic (exact) mass is 626 g/mol. The minimum Gasteiger partial charge on any atom is -0.458 e. The van der Waals surface area contributed by atoms with Crippen molar-refractivity contribution in [2.75, 3.05) is 13.2 Å². The number of ether oxygens (including phenoxy) is 6.